The Balaban J connectivity index is 2.99. The van der Waals surface area contributed by atoms with Crippen molar-refractivity contribution in [2.45, 2.75) is 6.42 Å². The van der Waals surface area contributed by atoms with E-state index in [1.807, 2.05) is 0 Å². The first kappa shape index (κ1) is 7.43. The van der Waals surface area contributed by atoms with Crippen molar-refractivity contribution in [1.82, 2.24) is 0 Å². The van der Waals surface area contributed by atoms with E-state index < -0.39 is 0 Å². The lowest BCUT2D eigenvalue weighted by atomic mass is 10.5. The highest BCUT2D eigenvalue weighted by molar-refractivity contribution is 5.69. The summed E-state index contributed by atoms with van der Waals surface area (Å²) in [6.45, 7) is 3.33. The fraction of sp³-hybridized carbons (Fsp3) is 0.600. The summed E-state index contributed by atoms with van der Waals surface area (Å²) >= 11 is 0. The van der Waals surface area contributed by atoms with E-state index in [-0.39, 0.29) is 19.2 Å². The van der Waals surface area contributed by atoms with Crippen LogP contribution in [0.2, 0.25) is 0 Å². The summed E-state index contributed by atoms with van der Waals surface area (Å²) in [5.74, 6) is -0.341. The molecule has 0 fully saturated rings. The van der Waals surface area contributed by atoms with Crippen LogP contribution in [0.1, 0.15) is 6.42 Å². The number of ether oxygens (including phenoxy) is 2. The summed E-state index contributed by atoms with van der Waals surface area (Å²) < 4.78 is 8.86. The average Bonchev–Trinajstić information content (AvgIpc) is 1.83. The van der Waals surface area contributed by atoms with Gasteiger partial charge in [-0.2, -0.15) is 0 Å². The number of carbonyl (C=O) groups excluding carboxylic acids is 1. The van der Waals surface area contributed by atoms with Crippen LogP contribution in [0.25, 0.3) is 0 Å². The molecule has 0 N–H and O–H groups in total. The predicted molar refractivity (Wildman–Crippen MR) is 27.9 cm³/mol. The van der Waals surface area contributed by atoms with E-state index in [1.54, 1.807) is 0 Å². The molecule has 0 unspecified atom stereocenters. The number of methoxy groups -OCH3 is 1. The van der Waals surface area contributed by atoms with Gasteiger partial charge in [0.2, 0.25) is 0 Å². The van der Waals surface area contributed by atoms with Gasteiger partial charge in [0.05, 0.1) is 0 Å². The Hall–Kier alpha value is -0.570. The van der Waals surface area contributed by atoms with E-state index >= 15 is 0 Å². The second kappa shape index (κ2) is 4.59. The van der Waals surface area contributed by atoms with Gasteiger partial charge in [0.15, 0.2) is 6.79 Å². The Morgan fingerprint density at radius 3 is 2.75 bits per heavy atom. The van der Waals surface area contributed by atoms with Gasteiger partial charge in [0, 0.05) is 13.5 Å². The van der Waals surface area contributed by atoms with Crippen LogP contribution in [0.15, 0.2) is 0 Å². The van der Waals surface area contributed by atoms with Crippen molar-refractivity contribution in [2.24, 2.45) is 0 Å². The molecule has 0 heterocycles. The Kier molecular flexibility index (Phi) is 4.26. The zero-order chi connectivity index (χ0) is 6.41. The molecule has 3 heteroatoms. The van der Waals surface area contributed by atoms with Crippen LogP contribution in [0.3, 0.4) is 0 Å². The van der Waals surface area contributed by atoms with Gasteiger partial charge in [0.1, 0.15) is 0 Å². The monoisotopic (exact) mass is 117 g/mol. The molecule has 0 aliphatic heterocycles. The second-order valence-corrected chi connectivity index (χ2v) is 1.17. The van der Waals surface area contributed by atoms with E-state index in [9.17, 15) is 4.79 Å². The van der Waals surface area contributed by atoms with Crippen molar-refractivity contribution in [3.8, 4) is 0 Å². The average molecular weight is 117 g/mol. The van der Waals surface area contributed by atoms with E-state index in [1.165, 1.54) is 7.11 Å². The largest absolute Gasteiger partial charge is 0.438 e. The molecule has 0 rings (SSSR count). The summed E-state index contributed by atoms with van der Waals surface area (Å²) in [5.41, 5.74) is 0. The van der Waals surface area contributed by atoms with Gasteiger partial charge in [0.25, 0.3) is 0 Å². The summed E-state index contributed by atoms with van der Waals surface area (Å²) in [6.07, 6.45) is 0.156. The summed E-state index contributed by atoms with van der Waals surface area (Å²) in [6, 6.07) is 0. The fourth-order valence-electron chi connectivity index (χ4n) is 0.197. The minimum atomic E-state index is -0.341. The third-order valence-electron chi connectivity index (χ3n) is 0.542. The Morgan fingerprint density at radius 2 is 2.38 bits per heavy atom. The van der Waals surface area contributed by atoms with Gasteiger partial charge in [-0.3, -0.25) is 4.79 Å². The van der Waals surface area contributed by atoms with Crippen molar-refractivity contribution in [3.63, 3.8) is 0 Å². The fourth-order valence-corrected chi connectivity index (χ4v) is 0.197. The van der Waals surface area contributed by atoms with Crippen LogP contribution in [0, 0.1) is 6.92 Å². The zero-order valence-corrected chi connectivity index (χ0v) is 4.85. The highest BCUT2D eigenvalue weighted by Crippen LogP contribution is 1.81. The van der Waals surface area contributed by atoms with Gasteiger partial charge in [-0.1, -0.05) is 0 Å². The quantitative estimate of drug-likeness (QED) is 0.395. The summed E-state index contributed by atoms with van der Waals surface area (Å²) in [7, 11) is 1.45. The maximum absolute atomic E-state index is 10.2. The smallest absolute Gasteiger partial charge is 0.307 e. The van der Waals surface area contributed by atoms with Crippen LogP contribution in [-0.4, -0.2) is 19.9 Å². The molecule has 0 aliphatic carbocycles. The lowest BCUT2D eigenvalue weighted by molar-refractivity contribution is -0.153. The Morgan fingerprint density at radius 1 is 1.75 bits per heavy atom. The third-order valence-corrected chi connectivity index (χ3v) is 0.542. The van der Waals surface area contributed by atoms with Crippen molar-refractivity contribution in [1.29, 1.82) is 0 Å². The molecule has 0 saturated heterocycles. The van der Waals surface area contributed by atoms with Crippen LogP contribution in [0.5, 0.6) is 0 Å². The first-order valence-electron chi connectivity index (χ1n) is 2.25. The molecule has 8 heavy (non-hydrogen) atoms. The van der Waals surface area contributed by atoms with Gasteiger partial charge in [-0.15, -0.1) is 0 Å². The highest BCUT2D eigenvalue weighted by Gasteiger charge is 1.93. The third kappa shape index (κ3) is 3.61. The molecule has 0 spiro atoms. The summed E-state index contributed by atoms with van der Waals surface area (Å²) in [4.78, 5) is 10.2. The molecule has 0 aromatic carbocycles. The lowest BCUT2D eigenvalue weighted by Crippen LogP contribution is -2.04. The standard InChI is InChI=1S/C5H9O3/c1-3-5(6)8-4-7-2/h1,3-4H2,2H3. The number of rotatable bonds is 3. The SMILES string of the molecule is [CH2]CC(=O)OCOC. The van der Waals surface area contributed by atoms with Crippen molar-refractivity contribution >= 4 is 5.97 Å². The topological polar surface area (TPSA) is 35.5 Å². The first-order valence-corrected chi connectivity index (χ1v) is 2.25. The van der Waals surface area contributed by atoms with Gasteiger partial charge < -0.3 is 9.47 Å². The molecule has 0 atom stereocenters. The Labute approximate surface area is 48.6 Å². The van der Waals surface area contributed by atoms with Crippen LogP contribution >= 0.6 is 0 Å². The van der Waals surface area contributed by atoms with Crippen LogP contribution in [0.4, 0.5) is 0 Å². The number of esters is 1. The summed E-state index contributed by atoms with van der Waals surface area (Å²) in [5, 5.41) is 0. The van der Waals surface area contributed by atoms with E-state index in [0.717, 1.165) is 0 Å². The highest BCUT2D eigenvalue weighted by atomic mass is 16.7. The molecule has 0 aromatic rings. The van der Waals surface area contributed by atoms with Crippen LogP contribution < -0.4 is 0 Å². The molecule has 0 bridgehead atoms. The molecule has 3 nitrogen and oxygen atoms in total. The van der Waals surface area contributed by atoms with E-state index in [4.69, 9.17) is 0 Å². The number of hydrogen-bond donors (Lipinski definition) is 0. The molecule has 47 valence electrons. The molecule has 0 aromatic heterocycles. The molecule has 0 saturated carbocycles. The number of hydrogen-bond acceptors (Lipinski definition) is 3. The molecule has 1 radical (unpaired) electrons. The molecular weight excluding hydrogens is 108 g/mol. The first-order chi connectivity index (χ1) is 3.81. The maximum Gasteiger partial charge on any atom is 0.307 e. The molecule has 0 amide bonds. The number of carbonyl (C=O) groups is 1. The Bertz CT molecular complexity index is 70.1. The van der Waals surface area contributed by atoms with Gasteiger partial charge in [-0.05, 0) is 6.92 Å². The minimum absolute atomic E-state index is 0.0222. The minimum Gasteiger partial charge on any atom is -0.438 e. The van der Waals surface area contributed by atoms with Crippen molar-refractivity contribution < 1.29 is 14.3 Å². The van der Waals surface area contributed by atoms with E-state index in [0.29, 0.717) is 0 Å². The molecular formula is C5H9O3. The van der Waals surface area contributed by atoms with Crippen molar-refractivity contribution in [2.75, 3.05) is 13.9 Å². The van der Waals surface area contributed by atoms with Gasteiger partial charge in [-0.25, -0.2) is 0 Å². The second-order valence-electron chi connectivity index (χ2n) is 1.17. The lowest BCUT2D eigenvalue weighted by Gasteiger charge is -1.97. The normalized spacial score (nSPS) is 8.75. The zero-order valence-electron chi connectivity index (χ0n) is 4.85. The van der Waals surface area contributed by atoms with Crippen molar-refractivity contribution in [3.05, 3.63) is 6.92 Å². The predicted octanol–water partition coefficient (Wildman–Crippen LogP) is 0.358. The van der Waals surface area contributed by atoms with E-state index in [2.05, 4.69) is 16.4 Å². The van der Waals surface area contributed by atoms with Gasteiger partial charge >= 0.3 is 5.97 Å². The maximum atomic E-state index is 10.2. The molecule has 0 aliphatic rings. The van der Waals surface area contributed by atoms with Crippen LogP contribution in [-0.2, 0) is 14.3 Å².